The van der Waals surface area contributed by atoms with E-state index in [1.165, 1.54) is 0 Å². The first-order valence-corrected chi connectivity index (χ1v) is 8.61. The molecule has 4 rings (SSSR count). The van der Waals surface area contributed by atoms with Crippen molar-refractivity contribution >= 4 is 5.91 Å². The monoisotopic (exact) mass is 349 g/mol. The first-order valence-electron chi connectivity index (χ1n) is 8.61. The number of nitrogens with zero attached hydrogens (tertiary/aromatic N) is 6. The predicted molar refractivity (Wildman–Crippen MR) is 94.3 cm³/mol. The summed E-state index contributed by atoms with van der Waals surface area (Å²) in [4.78, 5) is 31.5. The number of rotatable bonds is 3. The van der Waals surface area contributed by atoms with Gasteiger partial charge in [0.25, 0.3) is 5.91 Å². The summed E-state index contributed by atoms with van der Waals surface area (Å²) in [6, 6.07) is 3.70. The fraction of sp³-hybridized carbons (Fsp3) is 0.333. The van der Waals surface area contributed by atoms with Crippen molar-refractivity contribution < 1.29 is 4.79 Å². The van der Waals surface area contributed by atoms with Gasteiger partial charge < -0.3 is 4.90 Å². The third-order valence-corrected chi connectivity index (χ3v) is 4.62. The van der Waals surface area contributed by atoms with Crippen LogP contribution in [0.3, 0.4) is 0 Å². The van der Waals surface area contributed by atoms with Crippen LogP contribution < -0.4 is 0 Å². The van der Waals surface area contributed by atoms with Gasteiger partial charge in [-0.1, -0.05) is 0 Å². The third-order valence-electron chi connectivity index (χ3n) is 4.62. The Morgan fingerprint density at radius 3 is 2.69 bits per heavy atom. The largest absolute Gasteiger partial charge is 0.339 e. The van der Waals surface area contributed by atoms with Crippen molar-refractivity contribution in [2.24, 2.45) is 0 Å². The molecule has 8 nitrogen and oxygen atoms in total. The number of hydrogen-bond acceptors (Lipinski definition) is 6. The fourth-order valence-corrected chi connectivity index (χ4v) is 3.12. The fourth-order valence-electron chi connectivity index (χ4n) is 3.12. The molecule has 1 aliphatic rings. The van der Waals surface area contributed by atoms with Crippen molar-refractivity contribution in [3.63, 3.8) is 0 Å². The number of likely N-dealkylation sites (tertiary alicyclic amines) is 1. The number of H-pyrrole nitrogens is 1. The topological polar surface area (TPSA) is 101 Å². The molecular formula is C18H19N7O. The predicted octanol–water partition coefficient (Wildman–Crippen LogP) is 1.98. The Morgan fingerprint density at radius 1 is 1.15 bits per heavy atom. The van der Waals surface area contributed by atoms with Crippen LogP contribution in [0, 0.1) is 6.92 Å². The summed E-state index contributed by atoms with van der Waals surface area (Å²) in [5.41, 5.74) is 2.19. The highest BCUT2D eigenvalue weighted by atomic mass is 16.2. The highest BCUT2D eigenvalue weighted by Crippen LogP contribution is 2.27. The SMILES string of the molecule is Cc1ccc(C(=O)N2CCC(c3nc(-c4cnccn4)n[nH]3)CC2)cn1. The molecule has 1 aliphatic heterocycles. The number of carbonyl (C=O) groups is 1. The molecule has 0 spiro atoms. The number of amides is 1. The van der Waals surface area contributed by atoms with Crippen LogP contribution >= 0.6 is 0 Å². The Balaban J connectivity index is 1.40. The minimum absolute atomic E-state index is 0.0359. The van der Waals surface area contributed by atoms with E-state index in [2.05, 4.69) is 30.1 Å². The molecular weight excluding hydrogens is 330 g/mol. The van der Waals surface area contributed by atoms with Gasteiger partial charge in [-0.3, -0.25) is 19.9 Å². The maximum absolute atomic E-state index is 12.6. The van der Waals surface area contributed by atoms with Crippen LogP contribution in [-0.4, -0.2) is 54.0 Å². The molecule has 0 saturated carbocycles. The van der Waals surface area contributed by atoms with Gasteiger partial charge in [0.2, 0.25) is 5.82 Å². The molecule has 1 saturated heterocycles. The molecule has 26 heavy (non-hydrogen) atoms. The number of hydrogen-bond donors (Lipinski definition) is 1. The van der Waals surface area contributed by atoms with Crippen molar-refractivity contribution in [3.8, 4) is 11.5 Å². The second-order valence-corrected chi connectivity index (χ2v) is 6.39. The average molecular weight is 349 g/mol. The molecule has 132 valence electrons. The van der Waals surface area contributed by atoms with Crippen LogP contribution in [0.2, 0.25) is 0 Å². The quantitative estimate of drug-likeness (QED) is 0.776. The van der Waals surface area contributed by atoms with Crippen molar-refractivity contribution in [2.45, 2.75) is 25.7 Å². The maximum Gasteiger partial charge on any atom is 0.255 e. The van der Waals surface area contributed by atoms with Crippen molar-refractivity contribution in [3.05, 3.63) is 54.0 Å². The maximum atomic E-state index is 12.6. The Labute approximate surface area is 150 Å². The van der Waals surface area contributed by atoms with Crippen molar-refractivity contribution in [1.29, 1.82) is 0 Å². The van der Waals surface area contributed by atoms with E-state index in [1.807, 2.05) is 24.0 Å². The van der Waals surface area contributed by atoms with E-state index < -0.39 is 0 Å². The summed E-state index contributed by atoms with van der Waals surface area (Å²) in [6.45, 7) is 3.30. The van der Waals surface area contributed by atoms with Crippen LogP contribution in [-0.2, 0) is 0 Å². The summed E-state index contributed by atoms with van der Waals surface area (Å²) in [5, 5.41) is 7.26. The van der Waals surface area contributed by atoms with Crippen LogP contribution in [0.5, 0.6) is 0 Å². The number of aryl methyl sites for hydroxylation is 1. The zero-order chi connectivity index (χ0) is 17.9. The molecule has 0 unspecified atom stereocenters. The molecule has 0 atom stereocenters. The minimum atomic E-state index is 0.0359. The normalized spacial score (nSPS) is 15.2. The van der Waals surface area contributed by atoms with Crippen molar-refractivity contribution in [2.75, 3.05) is 13.1 Å². The Hall–Kier alpha value is -3.16. The zero-order valence-corrected chi connectivity index (χ0v) is 14.5. The molecule has 1 fully saturated rings. The second kappa shape index (κ2) is 6.99. The molecule has 8 heteroatoms. The molecule has 1 N–H and O–H groups in total. The number of pyridine rings is 1. The number of nitrogens with one attached hydrogen (secondary N) is 1. The average Bonchev–Trinajstić information content (AvgIpc) is 3.19. The number of carbonyl (C=O) groups excluding carboxylic acids is 1. The summed E-state index contributed by atoms with van der Waals surface area (Å²) < 4.78 is 0. The van der Waals surface area contributed by atoms with E-state index in [0.717, 1.165) is 24.4 Å². The van der Waals surface area contributed by atoms with Gasteiger partial charge in [0, 0.05) is 43.3 Å². The molecule has 0 aliphatic carbocycles. The zero-order valence-electron chi connectivity index (χ0n) is 14.5. The van der Waals surface area contributed by atoms with E-state index in [0.29, 0.717) is 30.2 Å². The molecule has 1 amide bonds. The lowest BCUT2D eigenvalue weighted by Crippen LogP contribution is -2.38. The summed E-state index contributed by atoms with van der Waals surface area (Å²) >= 11 is 0. The minimum Gasteiger partial charge on any atom is -0.339 e. The first kappa shape index (κ1) is 16.3. The van der Waals surface area contributed by atoms with E-state index in [1.54, 1.807) is 24.8 Å². The molecule has 0 radical (unpaired) electrons. The third kappa shape index (κ3) is 3.30. The molecule has 3 aromatic heterocycles. The lowest BCUT2D eigenvalue weighted by Gasteiger charge is -2.31. The highest BCUT2D eigenvalue weighted by molar-refractivity contribution is 5.94. The van der Waals surface area contributed by atoms with E-state index in [-0.39, 0.29) is 11.8 Å². The van der Waals surface area contributed by atoms with Crippen LogP contribution in [0.1, 0.15) is 40.6 Å². The van der Waals surface area contributed by atoms with Crippen molar-refractivity contribution in [1.82, 2.24) is 35.0 Å². The van der Waals surface area contributed by atoms with Gasteiger partial charge in [0.15, 0.2) is 0 Å². The smallest absolute Gasteiger partial charge is 0.255 e. The Morgan fingerprint density at radius 2 is 2.00 bits per heavy atom. The number of piperidine rings is 1. The molecule has 4 heterocycles. The van der Waals surface area contributed by atoms with Crippen LogP contribution in [0.25, 0.3) is 11.5 Å². The van der Waals surface area contributed by atoms with Gasteiger partial charge >= 0.3 is 0 Å². The molecule has 0 bridgehead atoms. The molecule has 0 aromatic carbocycles. The number of aromatic nitrogens is 6. The van der Waals surface area contributed by atoms with Gasteiger partial charge in [0.05, 0.1) is 11.8 Å². The molecule has 3 aromatic rings. The van der Waals surface area contributed by atoms with Crippen LogP contribution in [0.4, 0.5) is 0 Å². The van der Waals surface area contributed by atoms with E-state index in [4.69, 9.17) is 0 Å². The summed E-state index contributed by atoms with van der Waals surface area (Å²) in [5.74, 6) is 1.69. The summed E-state index contributed by atoms with van der Waals surface area (Å²) in [7, 11) is 0. The number of aromatic amines is 1. The lowest BCUT2D eigenvalue weighted by molar-refractivity contribution is 0.0710. The van der Waals surface area contributed by atoms with Gasteiger partial charge in [0.1, 0.15) is 11.5 Å². The second-order valence-electron chi connectivity index (χ2n) is 6.39. The van der Waals surface area contributed by atoms with Gasteiger partial charge in [-0.05, 0) is 31.9 Å². The lowest BCUT2D eigenvalue weighted by atomic mass is 9.96. The van der Waals surface area contributed by atoms with Gasteiger partial charge in [-0.25, -0.2) is 9.97 Å². The summed E-state index contributed by atoms with van der Waals surface area (Å²) in [6.07, 6.45) is 8.22. The standard InChI is InChI=1S/C18H19N7O/c1-12-2-3-14(10-21-12)18(26)25-8-4-13(5-9-25)16-22-17(24-23-16)15-11-19-6-7-20-15/h2-3,6-7,10-11,13H,4-5,8-9H2,1H3,(H,22,23,24). The van der Waals surface area contributed by atoms with E-state index >= 15 is 0 Å². The van der Waals surface area contributed by atoms with Crippen LogP contribution in [0.15, 0.2) is 36.9 Å². The Bertz CT molecular complexity index is 883. The first-order chi connectivity index (χ1) is 12.7. The van der Waals surface area contributed by atoms with Gasteiger partial charge in [-0.15, -0.1) is 0 Å². The Kier molecular flexibility index (Phi) is 4.39. The van der Waals surface area contributed by atoms with E-state index in [9.17, 15) is 4.79 Å². The highest BCUT2D eigenvalue weighted by Gasteiger charge is 2.27. The van der Waals surface area contributed by atoms with Gasteiger partial charge in [-0.2, -0.15) is 5.10 Å².